The van der Waals surface area contributed by atoms with Crippen LogP contribution in [0.15, 0.2) is 61.2 Å². The van der Waals surface area contributed by atoms with Crippen molar-refractivity contribution in [3.8, 4) is 0 Å². The van der Waals surface area contributed by atoms with Crippen molar-refractivity contribution in [2.75, 3.05) is 17.1 Å². The number of amides is 1. The Labute approximate surface area is 146 Å². The van der Waals surface area contributed by atoms with Crippen LogP contribution in [0.25, 0.3) is 0 Å². The topological polar surface area (TPSA) is 66.5 Å². The molecule has 0 aromatic heterocycles. The van der Waals surface area contributed by atoms with E-state index < -0.39 is 15.8 Å². The predicted octanol–water partition coefficient (Wildman–Crippen LogP) is 2.71. The van der Waals surface area contributed by atoms with Crippen molar-refractivity contribution in [3.05, 3.63) is 78.1 Å². The van der Waals surface area contributed by atoms with E-state index in [0.29, 0.717) is 17.8 Å². The average molecular weight is 362 g/mol. The number of carbonyl (C=O) groups is 1. The van der Waals surface area contributed by atoms with Crippen LogP contribution in [0, 0.1) is 5.82 Å². The van der Waals surface area contributed by atoms with E-state index in [0.717, 1.165) is 10.6 Å². The van der Waals surface area contributed by atoms with Crippen molar-refractivity contribution < 1.29 is 17.6 Å². The molecule has 1 amide bonds. The van der Waals surface area contributed by atoms with Crippen molar-refractivity contribution in [3.63, 3.8) is 0 Å². The number of carbonyl (C=O) groups excluding carboxylic acids is 1. The summed E-state index contributed by atoms with van der Waals surface area (Å²) in [6.45, 7) is 3.72. The van der Waals surface area contributed by atoms with Gasteiger partial charge in [0.25, 0.3) is 5.91 Å². The van der Waals surface area contributed by atoms with Crippen LogP contribution < -0.4 is 9.62 Å². The second-order valence-electron chi connectivity index (χ2n) is 5.41. The molecule has 0 unspecified atom stereocenters. The summed E-state index contributed by atoms with van der Waals surface area (Å²) in [4.78, 5) is 11.9. The Morgan fingerprint density at radius 3 is 2.40 bits per heavy atom. The Morgan fingerprint density at radius 2 is 1.84 bits per heavy atom. The Kier molecular flexibility index (Phi) is 5.93. The molecule has 0 fully saturated rings. The van der Waals surface area contributed by atoms with Crippen molar-refractivity contribution in [2.24, 2.45) is 0 Å². The first kappa shape index (κ1) is 18.7. The molecule has 0 aliphatic rings. The Bertz CT molecular complexity index is 864. The highest BCUT2D eigenvalue weighted by Crippen LogP contribution is 2.22. The number of hydrogen-bond donors (Lipinski definition) is 1. The van der Waals surface area contributed by atoms with E-state index in [2.05, 4.69) is 11.9 Å². The van der Waals surface area contributed by atoms with E-state index in [1.165, 1.54) is 36.4 Å². The molecule has 25 heavy (non-hydrogen) atoms. The number of benzene rings is 2. The van der Waals surface area contributed by atoms with Gasteiger partial charge in [0, 0.05) is 17.7 Å². The first-order valence-corrected chi connectivity index (χ1v) is 9.38. The summed E-state index contributed by atoms with van der Waals surface area (Å²) >= 11 is 0. The first-order chi connectivity index (χ1) is 11.8. The van der Waals surface area contributed by atoms with Crippen molar-refractivity contribution in [2.45, 2.75) is 6.54 Å². The standard InChI is InChI=1S/C18H19FN2O3S/c1-3-12-20-18(22)14-8-10-16(11-9-14)21(25(2,23)24)13-15-6-4-5-7-17(15)19/h3-11H,1,12-13H2,2H3,(H,20,22). The Morgan fingerprint density at radius 1 is 1.20 bits per heavy atom. The van der Waals surface area contributed by atoms with Crippen LogP contribution in [0.1, 0.15) is 15.9 Å². The lowest BCUT2D eigenvalue weighted by molar-refractivity contribution is 0.0958. The van der Waals surface area contributed by atoms with Crippen LogP contribution in [0.5, 0.6) is 0 Å². The van der Waals surface area contributed by atoms with Gasteiger partial charge in [-0.3, -0.25) is 9.10 Å². The fourth-order valence-corrected chi connectivity index (χ4v) is 3.11. The third-order valence-electron chi connectivity index (χ3n) is 3.50. The third-order valence-corrected chi connectivity index (χ3v) is 4.64. The van der Waals surface area contributed by atoms with Gasteiger partial charge >= 0.3 is 0 Å². The van der Waals surface area contributed by atoms with Gasteiger partial charge in [-0.15, -0.1) is 6.58 Å². The zero-order valence-corrected chi connectivity index (χ0v) is 14.6. The maximum atomic E-state index is 13.9. The van der Waals surface area contributed by atoms with Crippen LogP contribution >= 0.6 is 0 Å². The van der Waals surface area contributed by atoms with Crippen LogP contribution in [0.4, 0.5) is 10.1 Å². The quantitative estimate of drug-likeness (QED) is 0.770. The second kappa shape index (κ2) is 7.94. The summed E-state index contributed by atoms with van der Waals surface area (Å²) in [5.41, 5.74) is 1.01. The van der Waals surface area contributed by atoms with E-state index in [9.17, 15) is 17.6 Å². The fourth-order valence-electron chi connectivity index (χ4n) is 2.23. The molecule has 0 heterocycles. The van der Waals surface area contributed by atoms with Crippen LogP contribution in [0.2, 0.25) is 0 Å². The predicted molar refractivity (Wildman–Crippen MR) is 96.4 cm³/mol. The molecule has 0 aliphatic carbocycles. The molecule has 0 atom stereocenters. The summed E-state index contributed by atoms with van der Waals surface area (Å²) in [6.07, 6.45) is 2.62. The maximum absolute atomic E-state index is 13.9. The van der Waals surface area contributed by atoms with Gasteiger partial charge < -0.3 is 5.32 Å². The van der Waals surface area contributed by atoms with E-state index >= 15 is 0 Å². The second-order valence-corrected chi connectivity index (χ2v) is 7.31. The lowest BCUT2D eigenvalue weighted by Gasteiger charge is -2.23. The van der Waals surface area contributed by atoms with E-state index in [-0.39, 0.29) is 18.0 Å². The van der Waals surface area contributed by atoms with Gasteiger partial charge in [-0.25, -0.2) is 12.8 Å². The zero-order valence-electron chi connectivity index (χ0n) is 13.8. The Balaban J connectivity index is 2.29. The fraction of sp³-hybridized carbons (Fsp3) is 0.167. The summed E-state index contributed by atoms with van der Waals surface area (Å²) in [5, 5.41) is 2.64. The minimum atomic E-state index is -3.63. The van der Waals surface area contributed by atoms with Crippen molar-refractivity contribution in [1.29, 1.82) is 0 Å². The molecule has 132 valence electrons. The first-order valence-electron chi connectivity index (χ1n) is 7.53. The smallest absolute Gasteiger partial charge is 0.251 e. The Hall–Kier alpha value is -2.67. The van der Waals surface area contributed by atoms with Gasteiger partial charge in [0.1, 0.15) is 5.82 Å². The molecule has 2 rings (SSSR count). The van der Waals surface area contributed by atoms with Gasteiger partial charge in [-0.1, -0.05) is 24.3 Å². The minimum absolute atomic E-state index is 0.131. The maximum Gasteiger partial charge on any atom is 0.251 e. The van der Waals surface area contributed by atoms with Gasteiger partial charge in [-0.2, -0.15) is 0 Å². The van der Waals surface area contributed by atoms with Gasteiger partial charge in [0.15, 0.2) is 0 Å². The lowest BCUT2D eigenvalue weighted by Crippen LogP contribution is -2.30. The third kappa shape index (κ3) is 4.90. The molecule has 0 saturated heterocycles. The number of anilines is 1. The largest absolute Gasteiger partial charge is 0.349 e. The molecule has 0 saturated carbocycles. The molecule has 1 N–H and O–H groups in total. The van der Waals surface area contributed by atoms with Crippen molar-refractivity contribution >= 4 is 21.6 Å². The van der Waals surface area contributed by atoms with Crippen LogP contribution in [-0.4, -0.2) is 27.1 Å². The molecule has 0 spiro atoms. The number of halogens is 1. The highest BCUT2D eigenvalue weighted by Gasteiger charge is 2.19. The monoisotopic (exact) mass is 362 g/mol. The molecule has 0 radical (unpaired) electrons. The highest BCUT2D eigenvalue weighted by atomic mass is 32.2. The van der Waals surface area contributed by atoms with Crippen LogP contribution in [-0.2, 0) is 16.6 Å². The average Bonchev–Trinajstić information content (AvgIpc) is 2.58. The number of rotatable bonds is 7. The molecular formula is C18H19FN2O3S. The summed E-state index contributed by atoms with van der Waals surface area (Å²) < 4.78 is 39.2. The molecule has 7 heteroatoms. The van der Waals surface area contributed by atoms with Crippen LogP contribution in [0.3, 0.4) is 0 Å². The molecule has 2 aromatic rings. The molecule has 5 nitrogen and oxygen atoms in total. The van der Waals surface area contributed by atoms with E-state index in [1.807, 2.05) is 0 Å². The molecule has 0 aliphatic heterocycles. The number of hydrogen-bond acceptors (Lipinski definition) is 3. The van der Waals surface area contributed by atoms with Gasteiger partial charge in [-0.05, 0) is 30.3 Å². The summed E-state index contributed by atoms with van der Waals surface area (Å²) in [6, 6.07) is 12.1. The van der Waals surface area contributed by atoms with Gasteiger partial charge in [0.05, 0.1) is 18.5 Å². The molecule has 2 aromatic carbocycles. The van der Waals surface area contributed by atoms with E-state index in [1.54, 1.807) is 18.2 Å². The number of nitrogens with one attached hydrogen (secondary N) is 1. The molecule has 0 bridgehead atoms. The van der Waals surface area contributed by atoms with E-state index in [4.69, 9.17) is 0 Å². The number of nitrogens with zero attached hydrogens (tertiary/aromatic N) is 1. The zero-order chi connectivity index (χ0) is 18.4. The lowest BCUT2D eigenvalue weighted by atomic mass is 10.1. The van der Waals surface area contributed by atoms with Gasteiger partial charge in [0.2, 0.25) is 10.0 Å². The summed E-state index contributed by atoms with van der Waals surface area (Å²) in [7, 11) is -3.63. The van der Waals surface area contributed by atoms with Crippen molar-refractivity contribution in [1.82, 2.24) is 5.32 Å². The SMILES string of the molecule is C=CCNC(=O)c1ccc(N(Cc2ccccc2F)S(C)(=O)=O)cc1. The highest BCUT2D eigenvalue weighted by molar-refractivity contribution is 7.92. The molecular weight excluding hydrogens is 343 g/mol. The minimum Gasteiger partial charge on any atom is -0.349 e. The summed E-state index contributed by atoms with van der Waals surface area (Å²) in [5.74, 6) is -0.761. The normalized spacial score (nSPS) is 11.0. The number of sulfonamides is 1.